The molecule has 0 radical (unpaired) electrons. The minimum Gasteiger partial charge on any atom is -0.443 e. The van der Waals surface area contributed by atoms with Crippen LogP contribution in [0.3, 0.4) is 0 Å². The van der Waals surface area contributed by atoms with Crippen molar-refractivity contribution in [1.29, 1.82) is 0 Å². The highest BCUT2D eigenvalue weighted by Crippen LogP contribution is 2.33. The Morgan fingerprint density at radius 2 is 1.79 bits per heavy atom. The molecule has 2 amide bonds. The zero-order valence-electron chi connectivity index (χ0n) is 21.9. The molecule has 0 aliphatic carbocycles. The predicted octanol–water partition coefficient (Wildman–Crippen LogP) is 5.47. The van der Waals surface area contributed by atoms with E-state index < -0.39 is 0 Å². The van der Waals surface area contributed by atoms with Crippen LogP contribution >= 0.6 is 11.3 Å². The number of anilines is 1. The summed E-state index contributed by atoms with van der Waals surface area (Å²) in [6.07, 6.45) is 2.69. The van der Waals surface area contributed by atoms with Crippen molar-refractivity contribution in [2.75, 3.05) is 18.4 Å². The standard InChI is InChI=1S/C28H30N6O3S/c1-17-10-11-20(24(35)31-27-33-32-26(38-27)28(2,3)4)21(30-17)18-12-14-34(15-13-18)25(36)22-23(37-16-29-22)19-8-6-5-7-9-19/h5-11,16,18H,12-15H2,1-4H3,(H,31,33,35). The average molecular weight is 531 g/mol. The van der Waals surface area contributed by atoms with Crippen molar-refractivity contribution in [2.45, 2.75) is 51.9 Å². The molecule has 5 rings (SSSR count). The molecular weight excluding hydrogens is 500 g/mol. The number of nitrogens with zero attached hydrogens (tertiary/aromatic N) is 5. The number of nitrogens with one attached hydrogen (secondary N) is 1. The average Bonchev–Trinajstić information content (AvgIpc) is 3.59. The molecular formula is C28H30N6O3S. The number of aryl methyl sites for hydroxylation is 1. The third-order valence-electron chi connectivity index (χ3n) is 6.57. The lowest BCUT2D eigenvalue weighted by molar-refractivity contribution is 0.0706. The van der Waals surface area contributed by atoms with Gasteiger partial charge in [0.15, 0.2) is 17.8 Å². The maximum Gasteiger partial charge on any atom is 0.276 e. The highest BCUT2D eigenvalue weighted by molar-refractivity contribution is 7.15. The summed E-state index contributed by atoms with van der Waals surface area (Å²) in [5, 5.41) is 12.6. The number of aromatic nitrogens is 4. The molecule has 3 aromatic heterocycles. The summed E-state index contributed by atoms with van der Waals surface area (Å²) < 4.78 is 5.56. The first kappa shape index (κ1) is 25.7. The molecule has 1 aromatic carbocycles. The summed E-state index contributed by atoms with van der Waals surface area (Å²) in [7, 11) is 0. The smallest absolute Gasteiger partial charge is 0.276 e. The number of carbonyl (C=O) groups is 2. The second-order valence-corrected chi connectivity index (χ2v) is 11.4. The van der Waals surface area contributed by atoms with Crippen molar-refractivity contribution in [3.63, 3.8) is 0 Å². The maximum atomic E-state index is 13.3. The summed E-state index contributed by atoms with van der Waals surface area (Å²) in [6.45, 7) is 9.16. The zero-order chi connectivity index (χ0) is 26.9. The number of piperidine rings is 1. The third kappa shape index (κ3) is 5.35. The SMILES string of the molecule is Cc1ccc(C(=O)Nc2nnc(C(C)(C)C)s2)c(C2CCN(C(=O)c3ncoc3-c3ccccc3)CC2)n1. The Hall–Kier alpha value is -3.92. The fourth-order valence-corrected chi connectivity index (χ4v) is 5.32. The Morgan fingerprint density at radius 3 is 2.47 bits per heavy atom. The molecule has 1 aliphatic heterocycles. The fourth-order valence-electron chi connectivity index (χ4n) is 4.52. The van der Waals surface area contributed by atoms with Crippen LogP contribution in [0.5, 0.6) is 0 Å². The number of rotatable bonds is 5. The first-order chi connectivity index (χ1) is 18.2. The molecule has 0 atom stereocenters. The number of pyridine rings is 1. The lowest BCUT2D eigenvalue weighted by atomic mass is 9.89. The number of hydrogen-bond donors (Lipinski definition) is 1. The quantitative estimate of drug-likeness (QED) is 0.364. The largest absolute Gasteiger partial charge is 0.443 e. The van der Waals surface area contributed by atoms with Crippen LogP contribution in [0.4, 0.5) is 5.13 Å². The van der Waals surface area contributed by atoms with Gasteiger partial charge in [0.05, 0.1) is 11.3 Å². The van der Waals surface area contributed by atoms with Gasteiger partial charge in [0.2, 0.25) is 5.13 Å². The van der Waals surface area contributed by atoms with E-state index in [1.807, 2.05) is 49.4 Å². The van der Waals surface area contributed by atoms with Crippen molar-refractivity contribution in [1.82, 2.24) is 25.1 Å². The number of amides is 2. The Kier molecular flexibility index (Phi) is 7.07. The first-order valence-corrected chi connectivity index (χ1v) is 13.4. The van der Waals surface area contributed by atoms with E-state index >= 15 is 0 Å². The molecule has 1 fully saturated rings. The van der Waals surface area contributed by atoms with E-state index in [-0.39, 0.29) is 23.1 Å². The van der Waals surface area contributed by atoms with Gasteiger partial charge in [-0.3, -0.25) is 19.9 Å². The minimum atomic E-state index is -0.252. The summed E-state index contributed by atoms with van der Waals surface area (Å²) in [4.78, 5) is 37.3. The Balaban J connectivity index is 1.29. The molecule has 0 bridgehead atoms. The minimum absolute atomic E-state index is 0.0464. The van der Waals surface area contributed by atoms with Gasteiger partial charge in [0, 0.05) is 35.7 Å². The van der Waals surface area contributed by atoms with Gasteiger partial charge in [0.25, 0.3) is 11.8 Å². The van der Waals surface area contributed by atoms with Crippen LogP contribution in [-0.2, 0) is 5.41 Å². The number of oxazole rings is 1. The van der Waals surface area contributed by atoms with Crippen molar-refractivity contribution >= 4 is 28.3 Å². The van der Waals surface area contributed by atoms with E-state index in [1.54, 1.807) is 4.90 Å². The van der Waals surface area contributed by atoms with E-state index in [4.69, 9.17) is 9.40 Å². The molecule has 4 aromatic rings. The molecule has 0 unspecified atom stereocenters. The second-order valence-electron chi connectivity index (χ2n) is 10.5. The van der Waals surface area contributed by atoms with Gasteiger partial charge in [-0.1, -0.05) is 62.4 Å². The van der Waals surface area contributed by atoms with E-state index in [2.05, 4.69) is 41.3 Å². The second kappa shape index (κ2) is 10.4. The molecule has 1 saturated heterocycles. The van der Waals surface area contributed by atoms with E-state index in [1.165, 1.54) is 17.7 Å². The summed E-state index contributed by atoms with van der Waals surface area (Å²) in [6, 6.07) is 13.2. The lowest BCUT2D eigenvalue weighted by Crippen LogP contribution is -2.38. The van der Waals surface area contributed by atoms with E-state index in [0.717, 1.165) is 22.0 Å². The number of benzene rings is 1. The van der Waals surface area contributed by atoms with Gasteiger partial charge in [0.1, 0.15) is 5.01 Å². The lowest BCUT2D eigenvalue weighted by Gasteiger charge is -2.32. The summed E-state index contributed by atoms with van der Waals surface area (Å²) in [5.41, 5.74) is 3.10. The molecule has 1 aliphatic rings. The summed E-state index contributed by atoms with van der Waals surface area (Å²) >= 11 is 1.38. The maximum absolute atomic E-state index is 13.3. The third-order valence-corrected chi connectivity index (χ3v) is 7.83. The normalized spacial score (nSPS) is 14.5. The van der Waals surface area contributed by atoms with Crippen LogP contribution in [0, 0.1) is 6.92 Å². The van der Waals surface area contributed by atoms with Gasteiger partial charge in [-0.15, -0.1) is 10.2 Å². The number of likely N-dealkylation sites (tertiary alicyclic amines) is 1. The molecule has 0 saturated carbocycles. The van der Waals surface area contributed by atoms with E-state index in [9.17, 15) is 9.59 Å². The van der Waals surface area contributed by atoms with Gasteiger partial charge < -0.3 is 9.32 Å². The fraction of sp³-hybridized carbons (Fsp3) is 0.357. The van der Waals surface area contributed by atoms with Crippen molar-refractivity contribution < 1.29 is 14.0 Å². The van der Waals surface area contributed by atoms with Crippen LogP contribution in [0.25, 0.3) is 11.3 Å². The molecule has 38 heavy (non-hydrogen) atoms. The van der Waals surface area contributed by atoms with E-state index in [0.29, 0.717) is 48.1 Å². The number of hydrogen-bond acceptors (Lipinski definition) is 8. The predicted molar refractivity (Wildman–Crippen MR) is 145 cm³/mol. The van der Waals surface area contributed by atoms with Crippen LogP contribution < -0.4 is 5.32 Å². The molecule has 196 valence electrons. The first-order valence-electron chi connectivity index (χ1n) is 12.6. The van der Waals surface area contributed by atoms with Crippen LogP contribution in [0.1, 0.15) is 76.8 Å². The zero-order valence-corrected chi connectivity index (χ0v) is 22.7. The molecule has 10 heteroatoms. The Morgan fingerprint density at radius 1 is 1.05 bits per heavy atom. The van der Waals surface area contributed by atoms with Crippen molar-refractivity contribution in [3.05, 3.63) is 76.5 Å². The Bertz CT molecular complexity index is 1450. The van der Waals surface area contributed by atoms with Crippen LogP contribution in [0.15, 0.2) is 53.3 Å². The van der Waals surface area contributed by atoms with Gasteiger partial charge in [-0.05, 0) is 31.9 Å². The highest BCUT2D eigenvalue weighted by Gasteiger charge is 2.31. The highest BCUT2D eigenvalue weighted by atomic mass is 32.1. The monoisotopic (exact) mass is 530 g/mol. The molecule has 1 N–H and O–H groups in total. The van der Waals surface area contributed by atoms with Crippen molar-refractivity contribution in [3.8, 4) is 11.3 Å². The Labute approximate surface area is 225 Å². The van der Waals surface area contributed by atoms with Crippen LogP contribution in [0.2, 0.25) is 0 Å². The van der Waals surface area contributed by atoms with Crippen LogP contribution in [-0.4, -0.2) is 50.0 Å². The number of carbonyl (C=O) groups excluding carboxylic acids is 2. The molecule has 4 heterocycles. The molecule has 0 spiro atoms. The summed E-state index contributed by atoms with van der Waals surface area (Å²) in [5.74, 6) is 0.114. The van der Waals surface area contributed by atoms with Crippen molar-refractivity contribution in [2.24, 2.45) is 0 Å². The van der Waals surface area contributed by atoms with Gasteiger partial charge in [-0.2, -0.15) is 0 Å². The van der Waals surface area contributed by atoms with Gasteiger partial charge >= 0.3 is 0 Å². The molecule has 9 nitrogen and oxygen atoms in total. The van der Waals surface area contributed by atoms with Gasteiger partial charge in [-0.25, -0.2) is 4.98 Å². The topological polar surface area (TPSA) is 114 Å².